The summed E-state index contributed by atoms with van der Waals surface area (Å²) in [6, 6.07) is 6.92. The van der Waals surface area contributed by atoms with Gasteiger partial charge in [-0.1, -0.05) is 13.8 Å². The number of pyridine rings is 2. The van der Waals surface area contributed by atoms with Crippen molar-refractivity contribution in [2.24, 2.45) is 0 Å². The minimum absolute atomic E-state index is 0.0328. The third-order valence-corrected chi connectivity index (χ3v) is 7.27. The van der Waals surface area contributed by atoms with Crippen LogP contribution in [0.1, 0.15) is 68.7 Å². The summed E-state index contributed by atoms with van der Waals surface area (Å²) in [4.78, 5) is 54.0. The molecule has 0 saturated heterocycles. The van der Waals surface area contributed by atoms with Gasteiger partial charge in [0.2, 0.25) is 0 Å². The number of hydrogen-bond donors (Lipinski definition) is 1. The van der Waals surface area contributed by atoms with Crippen LogP contribution < -0.4 is 10.3 Å². The first-order valence-corrected chi connectivity index (χ1v) is 12.5. The van der Waals surface area contributed by atoms with Crippen LogP contribution in [0.25, 0.3) is 22.3 Å². The quantitative estimate of drug-likeness (QED) is 0.300. The maximum absolute atomic E-state index is 13.4. The van der Waals surface area contributed by atoms with E-state index in [0.717, 1.165) is 16.5 Å². The number of benzene rings is 1. The van der Waals surface area contributed by atoms with Gasteiger partial charge in [0, 0.05) is 29.4 Å². The molecular weight excluding hydrogens is 476 g/mol. The number of cyclic esters (lactones) is 1. The molecule has 2 aromatic heterocycles. The number of esters is 2. The lowest BCUT2D eigenvalue weighted by Crippen LogP contribution is -2.44. The van der Waals surface area contributed by atoms with Crippen LogP contribution in [0.3, 0.4) is 0 Å². The average molecular weight is 505 g/mol. The predicted octanol–water partition coefficient (Wildman–Crippen LogP) is 3.31. The summed E-state index contributed by atoms with van der Waals surface area (Å²) in [6.45, 7) is 5.29. The zero-order chi connectivity index (χ0) is 26.5. The van der Waals surface area contributed by atoms with E-state index >= 15 is 0 Å². The Kier molecular flexibility index (Phi) is 6.19. The monoisotopic (exact) mass is 504 g/mol. The SMILES string of the molecule is CCc1c2c(nc3ccc(OC(=O)CCCC(C)=O)cc13)-c1cc3c(c(=O)n1C2)COC(=O)[C@]3(O)CC. The molecule has 1 N–H and O–H groups in total. The lowest BCUT2D eigenvalue weighted by atomic mass is 9.86. The zero-order valence-corrected chi connectivity index (χ0v) is 21.1. The average Bonchev–Trinajstić information content (AvgIpc) is 3.23. The first-order chi connectivity index (χ1) is 17.7. The Morgan fingerprint density at radius 1 is 1.16 bits per heavy atom. The fourth-order valence-electron chi connectivity index (χ4n) is 5.27. The summed E-state index contributed by atoms with van der Waals surface area (Å²) in [5.74, 6) is -0.735. The number of carbonyl (C=O) groups is 3. The largest absolute Gasteiger partial charge is 0.458 e. The molecule has 0 aliphatic carbocycles. The van der Waals surface area contributed by atoms with Crippen LogP contribution in [-0.2, 0) is 44.3 Å². The second-order valence-electron chi connectivity index (χ2n) is 9.58. The fourth-order valence-corrected chi connectivity index (χ4v) is 5.27. The number of hydrogen-bond acceptors (Lipinski definition) is 8. The number of aromatic nitrogens is 2. The van der Waals surface area contributed by atoms with Crippen molar-refractivity contribution in [3.05, 3.63) is 56.9 Å². The molecule has 0 radical (unpaired) electrons. The molecule has 0 fully saturated rings. The van der Waals surface area contributed by atoms with Crippen LogP contribution in [0, 0.1) is 0 Å². The highest BCUT2D eigenvalue weighted by molar-refractivity contribution is 5.90. The maximum atomic E-state index is 13.4. The third-order valence-electron chi connectivity index (χ3n) is 7.27. The number of carbonyl (C=O) groups excluding carboxylic acids is 3. The molecule has 0 saturated carbocycles. The molecule has 0 unspecified atom stereocenters. The van der Waals surface area contributed by atoms with E-state index in [-0.39, 0.29) is 41.9 Å². The summed E-state index contributed by atoms with van der Waals surface area (Å²) in [5, 5.41) is 11.9. The van der Waals surface area contributed by atoms with Gasteiger partial charge in [0.05, 0.1) is 29.0 Å². The first kappa shape index (κ1) is 24.8. The van der Waals surface area contributed by atoms with Crippen LogP contribution in [-0.4, -0.2) is 32.4 Å². The van der Waals surface area contributed by atoms with Crippen molar-refractivity contribution >= 4 is 28.6 Å². The topological polar surface area (TPSA) is 125 Å². The summed E-state index contributed by atoms with van der Waals surface area (Å²) in [6.07, 6.45) is 1.66. The molecule has 1 aromatic carbocycles. The Hall–Kier alpha value is -3.85. The van der Waals surface area contributed by atoms with Gasteiger partial charge in [0.15, 0.2) is 5.60 Å². The molecule has 4 heterocycles. The van der Waals surface area contributed by atoms with Gasteiger partial charge >= 0.3 is 11.9 Å². The Morgan fingerprint density at radius 3 is 2.65 bits per heavy atom. The second kappa shape index (κ2) is 9.23. The summed E-state index contributed by atoms with van der Waals surface area (Å²) in [5.41, 5.74) is 2.10. The molecular formula is C28H28N2O7. The highest BCUT2D eigenvalue weighted by Crippen LogP contribution is 2.40. The fraction of sp³-hybridized carbons (Fsp3) is 0.393. The summed E-state index contributed by atoms with van der Waals surface area (Å²) >= 11 is 0. The van der Waals surface area contributed by atoms with Crippen molar-refractivity contribution < 1.29 is 29.0 Å². The number of fused-ring (bicyclic) bond motifs is 5. The summed E-state index contributed by atoms with van der Waals surface area (Å²) in [7, 11) is 0. The zero-order valence-electron chi connectivity index (χ0n) is 21.1. The number of Topliss-reactive ketones (excluding diaryl/α,β-unsaturated/α-hetero) is 1. The molecule has 3 aromatic rings. The van der Waals surface area contributed by atoms with Gasteiger partial charge in [-0.2, -0.15) is 0 Å². The van der Waals surface area contributed by atoms with E-state index in [1.807, 2.05) is 6.92 Å². The van der Waals surface area contributed by atoms with Crippen molar-refractivity contribution in [3.63, 3.8) is 0 Å². The van der Waals surface area contributed by atoms with E-state index in [2.05, 4.69) is 0 Å². The Labute approximate surface area is 213 Å². The number of nitrogens with zero attached hydrogens (tertiary/aromatic N) is 2. The molecule has 37 heavy (non-hydrogen) atoms. The van der Waals surface area contributed by atoms with Gasteiger partial charge in [0.1, 0.15) is 18.1 Å². The maximum Gasteiger partial charge on any atom is 0.343 e. The Bertz CT molecular complexity index is 1540. The highest BCUT2D eigenvalue weighted by atomic mass is 16.6. The van der Waals surface area contributed by atoms with Crippen LogP contribution in [0.4, 0.5) is 0 Å². The van der Waals surface area contributed by atoms with Crippen molar-refractivity contribution in [1.82, 2.24) is 9.55 Å². The van der Waals surface area contributed by atoms with Gasteiger partial charge in [-0.3, -0.25) is 9.59 Å². The molecule has 2 aliphatic heterocycles. The van der Waals surface area contributed by atoms with Gasteiger partial charge in [-0.05, 0) is 56.0 Å². The minimum Gasteiger partial charge on any atom is -0.458 e. The van der Waals surface area contributed by atoms with Gasteiger partial charge in [-0.15, -0.1) is 0 Å². The van der Waals surface area contributed by atoms with Crippen molar-refractivity contribution in [3.8, 4) is 17.1 Å². The number of ether oxygens (including phenoxy) is 2. The molecule has 2 aliphatic rings. The lowest BCUT2D eigenvalue weighted by Gasteiger charge is -2.31. The van der Waals surface area contributed by atoms with Crippen molar-refractivity contribution in [2.75, 3.05) is 0 Å². The Balaban J connectivity index is 1.57. The van der Waals surface area contributed by atoms with Gasteiger partial charge in [0.25, 0.3) is 5.56 Å². The molecule has 0 bridgehead atoms. The lowest BCUT2D eigenvalue weighted by molar-refractivity contribution is -0.172. The molecule has 0 spiro atoms. The van der Waals surface area contributed by atoms with Crippen LogP contribution >= 0.6 is 0 Å². The van der Waals surface area contributed by atoms with E-state index < -0.39 is 17.5 Å². The number of aryl methyl sites for hydroxylation is 1. The smallest absolute Gasteiger partial charge is 0.343 e. The minimum atomic E-state index is -1.88. The molecule has 9 nitrogen and oxygen atoms in total. The van der Waals surface area contributed by atoms with Crippen LogP contribution in [0.2, 0.25) is 0 Å². The molecule has 1 atom stereocenters. The van der Waals surface area contributed by atoms with Crippen molar-refractivity contribution in [2.45, 2.75) is 71.6 Å². The Morgan fingerprint density at radius 2 is 1.95 bits per heavy atom. The van der Waals surface area contributed by atoms with E-state index in [1.165, 1.54) is 6.92 Å². The van der Waals surface area contributed by atoms with Gasteiger partial charge < -0.3 is 23.9 Å². The molecule has 192 valence electrons. The number of aliphatic hydroxyl groups is 1. The molecule has 9 heteroatoms. The second-order valence-corrected chi connectivity index (χ2v) is 9.58. The predicted molar refractivity (Wildman–Crippen MR) is 134 cm³/mol. The van der Waals surface area contributed by atoms with Crippen LogP contribution in [0.5, 0.6) is 5.75 Å². The summed E-state index contributed by atoms with van der Waals surface area (Å²) < 4.78 is 12.3. The van der Waals surface area contributed by atoms with E-state index in [0.29, 0.717) is 48.5 Å². The first-order valence-electron chi connectivity index (χ1n) is 12.5. The molecule has 0 amide bonds. The van der Waals surface area contributed by atoms with E-state index in [9.17, 15) is 24.3 Å². The van der Waals surface area contributed by atoms with E-state index in [1.54, 1.807) is 35.8 Å². The number of ketones is 1. The van der Waals surface area contributed by atoms with Crippen molar-refractivity contribution in [1.29, 1.82) is 0 Å². The standard InChI is InChI=1S/C28H28N2O7/c1-4-17-18-11-16(37-24(32)8-6-7-15(3)31)9-10-22(18)29-25-19(17)13-30-23(25)12-21-20(26(30)33)14-36-27(34)28(21,35)5-2/h9-12,35H,4-8,13-14H2,1-3H3/t28-/m0/s1. The number of rotatable bonds is 7. The third kappa shape index (κ3) is 4.03. The van der Waals surface area contributed by atoms with Gasteiger partial charge in [-0.25, -0.2) is 9.78 Å². The molecule has 5 rings (SSSR count). The highest BCUT2D eigenvalue weighted by Gasteiger charge is 2.45. The normalized spacial score (nSPS) is 17.7. The van der Waals surface area contributed by atoms with E-state index in [4.69, 9.17) is 14.5 Å². The van der Waals surface area contributed by atoms with Crippen LogP contribution in [0.15, 0.2) is 29.1 Å².